The van der Waals surface area contributed by atoms with Gasteiger partial charge in [0.25, 0.3) is 11.8 Å². The first-order valence-electron chi connectivity index (χ1n) is 8.76. The Hall–Kier alpha value is -2.98. The maximum Gasteiger partial charge on any atom is 0.374 e. The lowest BCUT2D eigenvalue weighted by atomic mass is 10.2. The Labute approximate surface area is 161 Å². The summed E-state index contributed by atoms with van der Waals surface area (Å²) in [5.74, 6) is -5.46. The zero-order chi connectivity index (χ0) is 21.3. The number of esters is 3. The van der Waals surface area contributed by atoms with Gasteiger partial charge in [0.2, 0.25) is 6.10 Å². The molecule has 156 valence electrons. The van der Waals surface area contributed by atoms with Crippen LogP contribution >= 0.6 is 0 Å². The van der Waals surface area contributed by atoms with Crippen LogP contribution in [0.25, 0.3) is 0 Å². The van der Waals surface area contributed by atoms with E-state index in [0.29, 0.717) is 6.42 Å². The molecular weight excluding hydrogens is 378 g/mol. The van der Waals surface area contributed by atoms with E-state index in [1.54, 1.807) is 0 Å². The number of hydroxylamine groups is 2. The van der Waals surface area contributed by atoms with Crippen molar-refractivity contribution in [3.05, 3.63) is 0 Å². The molecule has 11 heteroatoms. The molecule has 0 aromatic carbocycles. The number of imide groups is 1. The number of hydrogen-bond donors (Lipinski definition) is 0. The van der Waals surface area contributed by atoms with Crippen LogP contribution in [-0.4, -0.2) is 59.6 Å². The Balaban J connectivity index is 2.64. The third-order valence-electron chi connectivity index (χ3n) is 3.49. The highest BCUT2D eigenvalue weighted by atomic mass is 16.7. The average molecular weight is 401 g/mol. The maximum atomic E-state index is 12.1. The van der Waals surface area contributed by atoms with Crippen LogP contribution in [0, 0.1) is 0 Å². The molecule has 1 fully saturated rings. The molecule has 28 heavy (non-hydrogen) atoms. The molecule has 1 aliphatic rings. The first kappa shape index (κ1) is 23.1. The molecule has 0 radical (unpaired) electrons. The van der Waals surface area contributed by atoms with Gasteiger partial charge in [0.1, 0.15) is 0 Å². The number of carbonyl (C=O) groups excluding carboxylic acids is 6. The van der Waals surface area contributed by atoms with E-state index in [0.717, 1.165) is 13.3 Å². The minimum atomic E-state index is -1.76. The van der Waals surface area contributed by atoms with Gasteiger partial charge >= 0.3 is 23.9 Å². The van der Waals surface area contributed by atoms with Gasteiger partial charge in [-0.25, -0.2) is 9.59 Å². The lowest BCUT2D eigenvalue weighted by Gasteiger charge is -2.19. The normalized spacial score (nSPS) is 15.6. The summed E-state index contributed by atoms with van der Waals surface area (Å²) in [4.78, 5) is 74.6. The highest BCUT2D eigenvalue weighted by Crippen LogP contribution is 2.15. The summed E-state index contributed by atoms with van der Waals surface area (Å²) in [5, 5.41) is 0.262. The second kappa shape index (κ2) is 11.0. The van der Waals surface area contributed by atoms with E-state index >= 15 is 0 Å². The van der Waals surface area contributed by atoms with E-state index < -0.39 is 54.3 Å². The van der Waals surface area contributed by atoms with Crippen molar-refractivity contribution in [2.75, 3.05) is 6.61 Å². The first-order valence-corrected chi connectivity index (χ1v) is 8.76. The van der Waals surface area contributed by atoms with Crippen molar-refractivity contribution in [3.8, 4) is 0 Å². The molecule has 0 unspecified atom stereocenters. The molecule has 0 N–H and O–H groups in total. The standard InChI is InChI=1S/C17H23NO10/c1-4-5-8-25-16(23)10(2)26-15(22)9-12(27-11(3)19)17(24)28-18-13(20)6-7-14(18)21/h10,12H,4-9H2,1-3H3/t10-,12-/m0/s1. The van der Waals surface area contributed by atoms with Gasteiger partial charge in [0.05, 0.1) is 13.0 Å². The maximum absolute atomic E-state index is 12.1. The van der Waals surface area contributed by atoms with Crippen LogP contribution in [-0.2, 0) is 47.8 Å². The van der Waals surface area contributed by atoms with Crippen LogP contribution in [0.1, 0.15) is 52.9 Å². The van der Waals surface area contributed by atoms with Gasteiger partial charge in [-0.15, -0.1) is 5.06 Å². The van der Waals surface area contributed by atoms with Gasteiger partial charge in [-0.05, 0) is 13.3 Å². The summed E-state index contributed by atoms with van der Waals surface area (Å²) in [7, 11) is 0. The summed E-state index contributed by atoms with van der Waals surface area (Å²) < 4.78 is 14.5. The number of nitrogens with zero attached hydrogens (tertiary/aromatic N) is 1. The van der Waals surface area contributed by atoms with Gasteiger partial charge in [-0.3, -0.25) is 19.2 Å². The van der Waals surface area contributed by atoms with Crippen molar-refractivity contribution in [3.63, 3.8) is 0 Å². The van der Waals surface area contributed by atoms with Crippen molar-refractivity contribution in [1.82, 2.24) is 5.06 Å². The molecule has 0 aromatic heterocycles. The molecule has 2 atom stereocenters. The highest BCUT2D eigenvalue weighted by molar-refractivity contribution is 6.02. The monoisotopic (exact) mass is 401 g/mol. The van der Waals surface area contributed by atoms with Crippen LogP contribution in [0.5, 0.6) is 0 Å². The van der Waals surface area contributed by atoms with E-state index in [2.05, 4.69) is 4.84 Å². The van der Waals surface area contributed by atoms with Crippen molar-refractivity contribution in [2.45, 2.75) is 65.1 Å². The Bertz CT molecular complexity index is 628. The van der Waals surface area contributed by atoms with Gasteiger partial charge in [-0.2, -0.15) is 0 Å². The lowest BCUT2D eigenvalue weighted by Crippen LogP contribution is -2.39. The van der Waals surface area contributed by atoms with Gasteiger partial charge < -0.3 is 19.0 Å². The molecule has 1 heterocycles. The predicted octanol–water partition coefficient (Wildman–Crippen LogP) is 0.190. The zero-order valence-corrected chi connectivity index (χ0v) is 15.9. The van der Waals surface area contributed by atoms with E-state index in [4.69, 9.17) is 14.2 Å². The summed E-state index contributed by atoms with van der Waals surface area (Å²) in [5.41, 5.74) is 0. The summed E-state index contributed by atoms with van der Waals surface area (Å²) in [6.45, 7) is 4.37. The van der Waals surface area contributed by atoms with Crippen LogP contribution in [0.15, 0.2) is 0 Å². The third-order valence-corrected chi connectivity index (χ3v) is 3.49. The Morgan fingerprint density at radius 2 is 1.64 bits per heavy atom. The lowest BCUT2D eigenvalue weighted by molar-refractivity contribution is -0.206. The quantitative estimate of drug-likeness (QED) is 0.215. The highest BCUT2D eigenvalue weighted by Gasteiger charge is 2.37. The Kier molecular flexibility index (Phi) is 9.06. The SMILES string of the molecule is CCCCOC(=O)[C@H](C)OC(=O)C[C@H](OC(C)=O)C(=O)ON1C(=O)CCC1=O. The molecular formula is C17H23NO10. The largest absolute Gasteiger partial charge is 0.463 e. The van der Waals surface area contributed by atoms with Crippen molar-refractivity contribution in [2.24, 2.45) is 0 Å². The predicted molar refractivity (Wildman–Crippen MR) is 88.8 cm³/mol. The number of rotatable bonds is 10. The smallest absolute Gasteiger partial charge is 0.374 e. The van der Waals surface area contributed by atoms with Crippen molar-refractivity contribution < 1.29 is 47.8 Å². The molecule has 0 aromatic rings. The zero-order valence-electron chi connectivity index (χ0n) is 15.9. The van der Waals surface area contributed by atoms with Crippen molar-refractivity contribution in [1.29, 1.82) is 0 Å². The number of carbonyl (C=O) groups is 6. The Morgan fingerprint density at radius 3 is 2.18 bits per heavy atom. The minimum Gasteiger partial charge on any atom is -0.463 e. The average Bonchev–Trinajstić information content (AvgIpc) is 2.92. The van der Waals surface area contributed by atoms with E-state index in [9.17, 15) is 28.8 Å². The van der Waals surface area contributed by atoms with Gasteiger partial charge in [0, 0.05) is 19.8 Å². The summed E-state index contributed by atoms with van der Waals surface area (Å²) in [6, 6.07) is 0. The van der Waals surface area contributed by atoms with Crippen LogP contribution < -0.4 is 0 Å². The van der Waals surface area contributed by atoms with Crippen LogP contribution in [0.4, 0.5) is 0 Å². The molecule has 2 amide bonds. The fraction of sp³-hybridized carbons (Fsp3) is 0.647. The molecule has 1 rings (SSSR count). The Morgan fingerprint density at radius 1 is 1.04 bits per heavy atom. The molecule has 0 bridgehead atoms. The van der Waals surface area contributed by atoms with Crippen LogP contribution in [0.2, 0.25) is 0 Å². The molecule has 1 aliphatic heterocycles. The number of ether oxygens (including phenoxy) is 3. The molecule has 0 spiro atoms. The van der Waals surface area contributed by atoms with Crippen molar-refractivity contribution >= 4 is 35.7 Å². The topological polar surface area (TPSA) is 143 Å². The second-order valence-electron chi connectivity index (χ2n) is 5.95. The van der Waals surface area contributed by atoms with E-state index in [1.165, 1.54) is 6.92 Å². The number of amides is 2. The van der Waals surface area contributed by atoms with Gasteiger partial charge in [0.15, 0.2) is 6.10 Å². The molecule has 0 saturated carbocycles. The summed E-state index contributed by atoms with van der Waals surface area (Å²) >= 11 is 0. The fourth-order valence-corrected chi connectivity index (χ4v) is 2.06. The first-order chi connectivity index (χ1) is 13.1. The number of unbranched alkanes of at least 4 members (excludes halogenated alkanes) is 1. The van der Waals surface area contributed by atoms with Gasteiger partial charge in [-0.1, -0.05) is 13.3 Å². The molecule has 11 nitrogen and oxygen atoms in total. The third kappa shape index (κ3) is 7.33. The molecule has 0 aliphatic carbocycles. The second-order valence-corrected chi connectivity index (χ2v) is 5.95. The number of hydrogen-bond acceptors (Lipinski definition) is 10. The van der Waals surface area contributed by atoms with E-state index in [-0.39, 0.29) is 24.5 Å². The molecule has 1 saturated heterocycles. The van der Waals surface area contributed by atoms with E-state index in [1.807, 2.05) is 6.92 Å². The minimum absolute atomic E-state index is 0.121. The summed E-state index contributed by atoms with van der Waals surface area (Å²) in [6.07, 6.45) is -2.54. The fourth-order valence-electron chi connectivity index (χ4n) is 2.06. The van der Waals surface area contributed by atoms with Crippen LogP contribution in [0.3, 0.4) is 0 Å².